The molecule has 0 heterocycles. The second kappa shape index (κ2) is 13.8. The van der Waals surface area contributed by atoms with Crippen LogP contribution >= 0.6 is 0 Å². The van der Waals surface area contributed by atoms with Crippen LogP contribution in [-0.2, 0) is 23.7 Å². The zero-order valence-electron chi connectivity index (χ0n) is 31.2. The van der Waals surface area contributed by atoms with E-state index in [4.69, 9.17) is 0 Å². The molecule has 0 fully saturated rings. The quantitative estimate of drug-likeness (QED) is 0.175. The largest absolute Gasteiger partial charge is 1.00 e. The van der Waals surface area contributed by atoms with E-state index in [1.54, 1.807) is 10.4 Å². The van der Waals surface area contributed by atoms with E-state index >= 15 is 0 Å². The van der Waals surface area contributed by atoms with E-state index in [0.29, 0.717) is 0 Å². The molecule has 6 rings (SSSR count). The van der Waals surface area contributed by atoms with E-state index in [1.807, 2.05) is 0 Å². The third-order valence-corrected chi connectivity index (χ3v) is 13.8. The molecule has 6 aromatic carbocycles. The van der Waals surface area contributed by atoms with Gasteiger partial charge in [-0.25, -0.2) is 0 Å². The molecule has 232 valence electrons. The van der Waals surface area contributed by atoms with Crippen LogP contribution in [0.25, 0.3) is 43.8 Å². The molecule has 0 bridgehead atoms. The minimum absolute atomic E-state index is 0. The standard InChI is InChI=1S/C44H50Si.2Li/c1-11-29-27-33-15-13-17-37(31-19-23-35(24-20-31)43(3,4)5)39(33)41(29)45(9,10)42-30(12-2)28-34-16-14-18-38(40(34)42)32-21-25-36(26-22-32)44(6,7)8;;/h13-28H,11-12H2,1-10H3;;/q-2;2*+1. The monoisotopic (exact) mass is 620 g/mol. The van der Waals surface area contributed by atoms with Gasteiger partial charge in [-0.1, -0.05) is 140 Å². The zero-order valence-corrected chi connectivity index (χ0v) is 32.2. The molecule has 0 amide bonds. The first kappa shape index (κ1) is 37.3. The summed E-state index contributed by atoms with van der Waals surface area (Å²) < 4.78 is 0. The maximum atomic E-state index is 2.62. The van der Waals surface area contributed by atoms with Crippen LogP contribution in [0.15, 0.2) is 97.1 Å². The Balaban J connectivity index is 0.00000250. The van der Waals surface area contributed by atoms with Gasteiger partial charge >= 0.3 is 37.7 Å². The normalized spacial score (nSPS) is 12.3. The van der Waals surface area contributed by atoms with Crippen molar-refractivity contribution in [2.45, 2.75) is 92.2 Å². The van der Waals surface area contributed by atoms with Gasteiger partial charge < -0.3 is 0 Å². The van der Waals surface area contributed by atoms with Gasteiger partial charge in [-0.2, -0.15) is 10.4 Å². The predicted molar refractivity (Wildman–Crippen MR) is 203 cm³/mol. The Bertz CT molecular complexity index is 1840. The summed E-state index contributed by atoms with van der Waals surface area (Å²) in [7, 11) is -2.22. The summed E-state index contributed by atoms with van der Waals surface area (Å²) >= 11 is 0. The van der Waals surface area contributed by atoms with Gasteiger partial charge in [0.25, 0.3) is 0 Å². The van der Waals surface area contributed by atoms with Crippen LogP contribution in [0.3, 0.4) is 0 Å². The minimum atomic E-state index is -2.22. The van der Waals surface area contributed by atoms with Crippen molar-refractivity contribution in [2.24, 2.45) is 0 Å². The number of hydrogen-bond donors (Lipinski definition) is 0. The smallest absolute Gasteiger partial charge is 0.158 e. The van der Waals surface area contributed by atoms with Gasteiger partial charge in [-0.15, -0.1) is 69.1 Å². The van der Waals surface area contributed by atoms with Crippen LogP contribution in [0.2, 0.25) is 13.1 Å². The Morgan fingerprint density at radius 2 is 0.851 bits per heavy atom. The molecule has 47 heavy (non-hydrogen) atoms. The molecule has 3 heteroatoms. The molecular formula is C44H50Li2Si. The number of rotatable bonds is 6. The van der Waals surface area contributed by atoms with Gasteiger partial charge in [0.15, 0.2) is 0 Å². The van der Waals surface area contributed by atoms with Crippen molar-refractivity contribution in [1.82, 2.24) is 0 Å². The van der Waals surface area contributed by atoms with E-state index in [-0.39, 0.29) is 48.6 Å². The Kier molecular flexibility index (Phi) is 11.0. The molecule has 0 aromatic heterocycles. The summed E-state index contributed by atoms with van der Waals surface area (Å²) in [6, 6.07) is 37.6. The Morgan fingerprint density at radius 3 is 1.15 bits per heavy atom. The molecule has 0 saturated heterocycles. The first-order valence-corrected chi connectivity index (χ1v) is 19.9. The summed E-state index contributed by atoms with van der Waals surface area (Å²) in [6.07, 6.45) is 2.09. The van der Waals surface area contributed by atoms with Crippen molar-refractivity contribution >= 4 is 40.0 Å². The molecule has 0 atom stereocenters. The van der Waals surface area contributed by atoms with Gasteiger partial charge in [-0.05, 0) is 45.9 Å². The van der Waals surface area contributed by atoms with Gasteiger partial charge in [0.05, 0.1) is 0 Å². The maximum absolute atomic E-state index is 2.62. The molecule has 0 nitrogen and oxygen atoms in total. The molecule has 0 aliphatic heterocycles. The fourth-order valence-electron chi connectivity index (χ4n) is 7.67. The molecule has 0 unspecified atom stereocenters. The van der Waals surface area contributed by atoms with E-state index < -0.39 is 8.07 Å². The van der Waals surface area contributed by atoms with E-state index in [2.05, 4.69) is 166 Å². The summed E-state index contributed by atoms with van der Waals surface area (Å²) in [5.41, 5.74) is 11.4. The van der Waals surface area contributed by atoms with Crippen LogP contribution < -0.4 is 48.1 Å². The molecule has 0 aliphatic carbocycles. The first-order valence-electron chi connectivity index (χ1n) is 16.9. The van der Waals surface area contributed by atoms with Crippen molar-refractivity contribution in [3.8, 4) is 22.3 Å². The number of aryl methyl sites for hydroxylation is 2. The molecule has 0 N–H and O–H groups in total. The topological polar surface area (TPSA) is 0 Å². The van der Waals surface area contributed by atoms with Crippen LogP contribution in [0.5, 0.6) is 0 Å². The molecule has 6 aromatic rings. The summed E-state index contributed by atoms with van der Waals surface area (Å²) in [4.78, 5) is 0. The van der Waals surface area contributed by atoms with E-state index in [9.17, 15) is 0 Å². The van der Waals surface area contributed by atoms with Gasteiger partial charge in [0, 0.05) is 8.07 Å². The van der Waals surface area contributed by atoms with Crippen molar-refractivity contribution in [1.29, 1.82) is 0 Å². The Hall–Kier alpha value is -2.49. The van der Waals surface area contributed by atoms with Crippen molar-refractivity contribution < 1.29 is 37.7 Å². The minimum Gasteiger partial charge on any atom is -0.158 e. The Morgan fingerprint density at radius 1 is 0.511 bits per heavy atom. The summed E-state index contributed by atoms with van der Waals surface area (Å²) in [6.45, 7) is 23.7. The number of benzene rings is 4. The van der Waals surface area contributed by atoms with Crippen LogP contribution in [0, 0.1) is 0 Å². The van der Waals surface area contributed by atoms with Crippen molar-refractivity contribution in [2.75, 3.05) is 0 Å². The van der Waals surface area contributed by atoms with Gasteiger partial charge in [0.2, 0.25) is 0 Å². The average molecular weight is 621 g/mol. The first-order chi connectivity index (χ1) is 21.3. The van der Waals surface area contributed by atoms with Crippen LogP contribution in [0.1, 0.15) is 77.6 Å². The van der Waals surface area contributed by atoms with Gasteiger partial charge in [0.1, 0.15) is 0 Å². The number of hydrogen-bond acceptors (Lipinski definition) is 0. The second-order valence-corrected chi connectivity index (χ2v) is 19.9. The average Bonchev–Trinajstić information content (AvgIpc) is 3.60. The predicted octanol–water partition coefficient (Wildman–Crippen LogP) is 5.32. The van der Waals surface area contributed by atoms with Gasteiger partial charge in [-0.3, -0.25) is 0 Å². The van der Waals surface area contributed by atoms with Crippen molar-refractivity contribution in [3.05, 3.63) is 119 Å². The third-order valence-electron chi connectivity index (χ3n) is 10.1. The molecule has 0 radical (unpaired) electrons. The summed E-state index contributed by atoms with van der Waals surface area (Å²) in [5.74, 6) is 0. The zero-order chi connectivity index (χ0) is 32.3. The third kappa shape index (κ3) is 6.74. The molecular weight excluding hydrogens is 570 g/mol. The molecule has 0 aliphatic rings. The number of fused-ring (bicyclic) bond motifs is 2. The molecule has 0 saturated carbocycles. The Labute approximate surface area is 309 Å². The van der Waals surface area contributed by atoms with Crippen molar-refractivity contribution in [3.63, 3.8) is 0 Å². The summed E-state index contributed by atoms with van der Waals surface area (Å²) in [5, 5.41) is 8.94. The second-order valence-electron chi connectivity index (χ2n) is 15.6. The SMILES string of the molecule is CCc1[cH-]c2cccc(-c3ccc(C(C)(C)C)cc3)c2c1[Si](C)(C)c1c(CC)[cH-]c2cccc(-c3ccc(C(C)(C)C)cc3)c12.[Li+].[Li+]. The molecule has 0 spiro atoms. The van der Waals surface area contributed by atoms with Crippen LogP contribution in [-0.4, -0.2) is 8.07 Å². The van der Waals surface area contributed by atoms with E-state index in [0.717, 1.165) is 12.8 Å². The maximum Gasteiger partial charge on any atom is 1.00 e. The van der Waals surface area contributed by atoms with Crippen LogP contribution in [0.4, 0.5) is 0 Å². The van der Waals surface area contributed by atoms with E-state index in [1.165, 1.54) is 66.1 Å². The fraction of sp³-hybridized carbons (Fsp3) is 0.318. The fourth-order valence-corrected chi connectivity index (χ4v) is 11.8.